The summed E-state index contributed by atoms with van der Waals surface area (Å²) < 4.78 is 14.6. The summed E-state index contributed by atoms with van der Waals surface area (Å²) in [5.41, 5.74) is 4.10. The van der Waals surface area contributed by atoms with Gasteiger partial charge in [0.25, 0.3) is 0 Å². The molecule has 2 heterocycles. The molecule has 146 valence electrons. The van der Waals surface area contributed by atoms with Gasteiger partial charge in [-0.1, -0.05) is 30.3 Å². The molecule has 0 radical (unpaired) electrons. The van der Waals surface area contributed by atoms with Crippen LogP contribution in [0.4, 0.5) is 14.9 Å². The van der Waals surface area contributed by atoms with Crippen molar-refractivity contribution in [2.45, 2.75) is 25.9 Å². The first kappa shape index (κ1) is 18.4. The van der Waals surface area contributed by atoms with E-state index in [4.69, 9.17) is 0 Å². The average Bonchev–Trinajstić information content (AvgIpc) is 2.74. The van der Waals surface area contributed by atoms with Crippen molar-refractivity contribution in [2.24, 2.45) is 0 Å². The third kappa shape index (κ3) is 3.84. The Morgan fingerprint density at radius 3 is 2.75 bits per heavy atom. The predicted molar refractivity (Wildman–Crippen MR) is 104 cm³/mol. The molecule has 0 spiro atoms. The number of nitrogens with zero attached hydrogens (tertiary/aromatic N) is 1. The van der Waals surface area contributed by atoms with Crippen LogP contribution in [0.5, 0.6) is 0 Å². The van der Waals surface area contributed by atoms with E-state index in [1.807, 2.05) is 24.3 Å². The van der Waals surface area contributed by atoms with Gasteiger partial charge in [0, 0.05) is 19.6 Å². The Bertz CT molecular complexity index is 915. The van der Waals surface area contributed by atoms with E-state index in [0.29, 0.717) is 31.6 Å². The van der Waals surface area contributed by atoms with Gasteiger partial charge in [-0.3, -0.25) is 4.79 Å². The molecule has 0 bridgehead atoms. The Labute approximate surface area is 163 Å². The second-order valence-corrected chi connectivity index (χ2v) is 7.14. The number of carbonyl (C=O) groups is 2. The van der Waals surface area contributed by atoms with Crippen LogP contribution < -0.4 is 16.0 Å². The van der Waals surface area contributed by atoms with Gasteiger partial charge in [-0.25, -0.2) is 9.18 Å². The van der Waals surface area contributed by atoms with E-state index in [2.05, 4.69) is 22.0 Å². The van der Waals surface area contributed by atoms with Gasteiger partial charge < -0.3 is 20.9 Å². The van der Waals surface area contributed by atoms with Crippen LogP contribution >= 0.6 is 0 Å². The van der Waals surface area contributed by atoms with Gasteiger partial charge >= 0.3 is 6.03 Å². The summed E-state index contributed by atoms with van der Waals surface area (Å²) in [4.78, 5) is 26.3. The zero-order valence-electron chi connectivity index (χ0n) is 15.6. The summed E-state index contributed by atoms with van der Waals surface area (Å²) >= 11 is 0. The van der Waals surface area contributed by atoms with Gasteiger partial charge in [0.1, 0.15) is 5.82 Å². The van der Waals surface area contributed by atoms with Gasteiger partial charge in [-0.15, -0.1) is 0 Å². The first-order valence-electron chi connectivity index (χ1n) is 9.52. The molecule has 0 aliphatic carbocycles. The fourth-order valence-electron chi connectivity index (χ4n) is 3.76. The number of halogens is 1. The topological polar surface area (TPSA) is 73.5 Å². The number of amides is 3. The van der Waals surface area contributed by atoms with E-state index in [1.165, 1.54) is 5.56 Å². The molecule has 0 saturated carbocycles. The zero-order valence-corrected chi connectivity index (χ0v) is 15.6. The molecule has 2 aliphatic rings. The molecule has 3 N–H and O–H groups in total. The van der Waals surface area contributed by atoms with Crippen LogP contribution in [0.1, 0.15) is 22.3 Å². The Morgan fingerprint density at radius 1 is 1.07 bits per heavy atom. The third-order valence-corrected chi connectivity index (χ3v) is 5.30. The normalized spacial score (nSPS) is 15.4. The van der Waals surface area contributed by atoms with Crippen molar-refractivity contribution < 1.29 is 14.0 Å². The first-order valence-corrected chi connectivity index (χ1v) is 9.52. The van der Waals surface area contributed by atoms with Crippen molar-refractivity contribution >= 4 is 17.6 Å². The largest absolute Gasteiger partial charge is 0.329 e. The molecule has 4 rings (SSSR count). The average molecular weight is 382 g/mol. The quantitative estimate of drug-likeness (QED) is 0.762. The highest BCUT2D eigenvalue weighted by Crippen LogP contribution is 2.24. The minimum atomic E-state index is -0.446. The molecule has 0 unspecified atom stereocenters. The Morgan fingerprint density at radius 2 is 1.89 bits per heavy atom. The molecule has 0 aromatic heterocycles. The lowest BCUT2D eigenvalue weighted by atomic mass is 9.99. The SMILES string of the molecule is O=C(CNC(=O)N1CCc2ccccc2C1)Nc1ccc2c(c1F)CCNC2. The summed E-state index contributed by atoms with van der Waals surface area (Å²) in [6.07, 6.45) is 1.39. The maximum atomic E-state index is 14.6. The van der Waals surface area contributed by atoms with Crippen molar-refractivity contribution in [3.05, 3.63) is 64.5 Å². The van der Waals surface area contributed by atoms with Crippen LogP contribution in [0.15, 0.2) is 36.4 Å². The summed E-state index contributed by atoms with van der Waals surface area (Å²) in [7, 11) is 0. The molecule has 2 aliphatic heterocycles. The minimum Gasteiger partial charge on any atom is -0.329 e. The molecule has 0 atom stereocenters. The van der Waals surface area contributed by atoms with E-state index in [9.17, 15) is 14.0 Å². The molecule has 2 aromatic carbocycles. The highest BCUT2D eigenvalue weighted by molar-refractivity contribution is 5.94. The first-order chi connectivity index (χ1) is 13.6. The molecular weight excluding hydrogens is 359 g/mol. The summed E-state index contributed by atoms with van der Waals surface area (Å²) in [5, 5.41) is 8.39. The molecule has 2 aromatic rings. The van der Waals surface area contributed by atoms with Gasteiger partial charge in [0.15, 0.2) is 0 Å². The number of hydrogen-bond donors (Lipinski definition) is 3. The lowest BCUT2D eigenvalue weighted by molar-refractivity contribution is -0.115. The van der Waals surface area contributed by atoms with E-state index < -0.39 is 5.91 Å². The highest BCUT2D eigenvalue weighted by atomic mass is 19.1. The minimum absolute atomic E-state index is 0.159. The molecule has 6 nitrogen and oxygen atoms in total. The van der Waals surface area contributed by atoms with Gasteiger partial charge in [0.2, 0.25) is 5.91 Å². The van der Waals surface area contributed by atoms with E-state index in [1.54, 1.807) is 11.0 Å². The van der Waals surface area contributed by atoms with Crippen LogP contribution in [-0.4, -0.2) is 36.5 Å². The standard InChI is InChI=1S/C21H23FN4O2/c22-20-17-7-9-23-11-15(17)5-6-18(20)25-19(27)12-24-21(28)26-10-8-14-3-1-2-4-16(14)13-26/h1-6,23H,7-13H2,(H,24,28)(H,25,27). The smallest absolute Gasteiger partial charge is 0.318 e. The lowest BCUT2D eigenvalue weighted by Gasteiger charge is -2.28. The second-order valence-electron chi connectivity index (χ2n) is 7.14. The van der Waals surface area contributed by atoms with Crippen LogP contribution in [-0.2, 0) is 30.7 Å². The molecule has 7 heteroatoms. The van der Waals surface area contributed by atoms with E-state index >= 15 is 0 Å². The molecular formula is C21H23FN4O2. The number of benzene rings is 2. The fourth-order valence-corrected chi connectivity index (χ4v) is 3.76. The highest BCUT2D eigenvalue weighted by Gasteiger charge is 2.21. The zero-order chi connectivity index (χ0) is 19.5. The summed E-state index contributed by atoms with van der Waals surface area (Å²) in [6.45, 7) is 2.29. The lowest BCUT2D eigenvalue weighted by Crippen LogP contribution is -2.45. The monoisotopic (exact) mass is 382 g/mol. The maximum Gasteiger partial charge on any atom is 0.318 e. The number of carbonyl (C=O) groups excluding carboxylic acids is 2. The van der Waals surface area contributed by atoms with Gasteiger partial charge in [-0.05, 0) is 47.7 Å². The Balaban J connectivity index is 1.32. The number of nitrogens with one attached hydrogen (secondary N) is 3. The third-order valence-electron chi connectivity index (χ3n) is 5.30. The van der Waals surface area contributed by atoms with Crippen LogP contribution in [0, 0.1) is 5.82 Å². The number of anilines is 1. The van der Waals surface area contributed by atoms with Crippen LogP contribution in [0.25, 0.3) is 0 Å². The van der Waals surface area contributed by atoms with Crippen molar-refractivity contribution in [3.8, 4) is 0 Å². The number of hydrogen-bond acceptors (Lipinski definition) is 3. The fraction of sp³-hybridized carbons (Fsp3) is 0.333. The molecule has 0 fully saturated rings. The Kier molecular flexibility index (Phi) is 5.25. The van der Waals surface area contributed by atoms with E-state index in [-0.39, 0.29) is 24.1 Å². The molecule has 28 heavy (non-hydrogen) atoms. The van der Waals surface area contributed by atoms with Crippen molar-refractivity contribution in [2.75, 3.05) is 25.0 Å². The van der Waals surface area contributed by atoms with Crippen LogP contribution in [0.2, 0.25) is 0 Å². The maximum absolute atomic E-state index is 14.6. The summed E-state index contributed by atoms with van der Waals surface area (Å²) in [6, 6.07) is 11.1. The molecule has 3 amide bonds. The molecule has 0 saturated heterocycles. The van der Waals surface area contributed by atoms with Crippen molar-refractivity contribution in [3.63, 3.8) is 0 Å². The van der Waals surface area contributed by atoms with Crippen molar-refractivity contribution in [1.82, 2.24) is 15.5 Å². The Hall–Kier alpha value is -2.93. The number of fused-ring (bicyclic) bond motifs is 2. The predicted octanol–water partition coefficient (Wildman–Crippen LogP) is 2.18. The van der Waals surface area contributed by atoms with Gasteiger partial charge in [0.05, 0.1) is 12.2 Å². The van der Waals surface area contributed by atoms with E-state index in [0.717, 1.165) is 24.1 Å². The van der Waals surface area contributed by atoms with Crippen LogP contribution in [0.3, 0.4) is 0 Å². The van der Waals surface area contributed by atoms with Crippen molar-refractivity contribution in [1.29, 1.82) is 0 Å². The second kappa shape index (κ2) is 7.98. The van der Waals surface area contributed by atoms with Gasteiger partial charge in [-0.2, -0.15) is 0 Å². The number of rotatable bonds is 3. The number of urea groups is 1. The summed E-state index contributed by atoms with van der Waals surface area (Å²) in [5.74, 6) is -0.829.